The predicted molar refractivity (Wildman–Crippen MR) is 70.1 cm³/mol. The van der Waals surface area contributed by atoms with E-state index < -0.39 is 0 Å². The Morgan fingerprint density at radius 1 is 1.59 bits per heavy atom. The summed E-state index contributed by atoms with van der Waals surface area (Å²) in [5, 5.41) is 3.16. The molecule has 1 aromatic heterocycles. The molecule has 1 aromatic rings. The molecule has 17 heavy (non-hydrogen) atoms. The predicted octanol–water partition coefficient (Wildman–Crippen LogP) is 2.02. The molecule has 1 saturated heterocycles. The summed E-state index contributed by atoms with van der Waals surface area (Å²) in [7, 11) is 1.95. The van der Waals surface area contributed by atoms with E-state index in [-0.39, 0.29) is 6.10 Å². The fourth-order valence-electron chi connectivity index (χ4n) is 2.18. The first-order valence-corrected chi connectivity index (χ1v) is 6.75. The fourth-order valence-corrected chi connectivity index (χ4v) is 2.50. The first kappa shape index (κ1) is 13.1. The van der Waals surface area contributed by atoms with E-state index in [2.05, 4.69) is 33.1 Å². The summed E-state index contributed by atoms with van der Waals surface area (Å²) in [4.78, 5) is 2.40. The molecule has 1 aliphatic heterocycles. The number of morpholine rings is 1. The maximum Gasteiger partial charge on any atom is 0.169 e. The van der Waals surface area contributed by atoms with Gasteiger partial charge in [-0.3, -0.25) is 4.90 Å². The van der Waals surface area contributed by atoms with Crippen molar-refractivity contribution in [2.45, 2.75) is 19.1 Å². The summed E-state index contributed by atoms with van der Waals surface area (Å²) in [6, 6.07) is 4.26. The molecule has 2 heterocycles. The van der Waals surface area contributed by atoms with Gasteiger partial charge in [-0.05, 0) is 42.0 Å². The Balaban J connectivity index is 1.97. The zero-order valence-electron chi connectivity index (χ0n) is 10.3. The lowest BCUT2D eigenvalue weighted by Gasteiger charge is -2.36. The Kier molecular flexibility index (Phi) is 4.62. The van der Waals surface area contributed by atoms with Gasteiger partial charge in [0.25, 0.3) is 0 Å². The minimum absolute atomic E-state index is 0.273. The second kappa shape index (κ2) is 6.00. The van der Waals surface area contributed by atoms with Gasteiger partial charge in [-0.1, -0.05) is 0 Å². The monoisotopic (exact) mass is 302 g/mol. The molecule has 1 N–H and O–H groups in total. The molecule has 0 amide bonds. The summed E-state index contributed by atoms with van der Waals surface area (Å²) in [6.45, 7) is 5.76. The Bertz CT molecular complexity index is 354. The normalized spacial score (nSPS) is 23.8. The molecule has 0 saturated carbocycles. The van der Waals surface area contributed by atoms with Gasteiger partial charge in [0.2, 0.25) is 0 Å². The van der Waals surface area contributed by atoms with Crippen molar-refractivity contribution in [3.05, 3.63) is 22.6 Å². The van der Waals surface area contributed by atoms with Crippen LogP contribution in [0.1, 0.15) is 18.7 Å². The van der Waals surface area contributed by atoms with Crippen molar-refractivity contribution in [3.63, 3.8) is 0 Å². The number of furan rings is 1. The molecule has 5 heteroatoms. The fraction of sp³-hybridized carbons (Fsp3) is 0.667. The lowest BCUT2D eigenvalue weighted by atomic mass is 10.1. The highest BCUT2D eigenvalue weighted by Crippen LogP contribution is 2.26. The van der Waals surface area contributed by atoms with Gasteiger partial charge in [-0.25, -0.2) is 0 Å². The molecule has 96 valence electrons. The van der Waals surface area contributed by atoms with Crippen molar-refractivity contribution in [2.24, 2.45) is 0 Å². The molecule has 0 aliphatic carbocycles. The average Bonchev–Trinajstić information content (AvgIpc) is 2.76. The van der Waals surface area contributed by atoms with Crippen molar-refractivity contribution < 1.29 is 9.15 Å². The summed E-state index contributed by atoms with van der Waals surface area (Å²) in [5.41, 5.74) is 0. The van der Waals surface area contributed by atoms with Crippen LogP contribution in [0.2, 0.25) is 0 Å². The van der Waals surface area contributed by atoms with Crippen molar-refractivity contribution >= 4 is 15.9 Å². The van der Waals surface area contributed by atoms with Gasteiger partial charge in [0.15, 0.2) is 4.67 Å². The van der Waals surface area contributed by atoms with Crippen LogP contribution < -0.4 is 5.32 Å². The largest absolute Gasteiger partial charge is 0.453 e. The summed E-state index contributed by atoms with van der Waals surface area (Å²) in [5.74, 6) is 1.00. The number of hydrogen-bond donors (Lipinski definition) is 1. The van der Waals surface area contributed by atoms with E-state index in [0.29, 0.717) is 6.04 Å². The van der Waals surface area contributed by atoms with Crippen LogP contribution >= 0.6 is 15.9 Å². The van der Waals surface area contributed by atoms with E-state index in [1.54, 1.807) is 0 Å². The quantitative estimate of drug-likeness (QED) is 0.923. The van der Waals surface area contributed by atoms with Crippen molar-refractivity contribution in [3.8, 4) is 0 Å². The summed E-state index contributed by atoms with van der Waals surface area (Å²) < 4.78 is 12.1. The minimum atomic E-state index is 0.273. The molecule has 2 unspecified atom stereocenters. The van der Waals surface area contributed by atoms with Crippen LogP contribution in [0.15, 0.2) is 21.2 Å². The summed E-state index contributed by atoms with van der Waals surface area (Å²) >= 11 is 3.34. The third-order valence-corrected chi connectivity index (χ3v) is 3.58. The highest BCUT2D eigenvalue weighted by atomic mass is 79.9. The number of nitrogens with one attached hydrogen (secondary N) is 1. The van der Waals surface area contributed by atoms with Gasteiger partial charge in [-0.15, -0.1) is 0 Å². The maximum absolute atomic E-state index is 5.70. The van der Waals surface area contributed by atoms with E-state index in [0.717, 1.165) is 36.7 Å². The highest BCUT2D eigenvalue weighted by molar-refractivity contribution is 9.10. The number of ether oxygens (including phenoxy) is 1. The zero-order chi connectivity index (χ0) is 12.3. The third kappa shape index (κ3) is 3.31. The van der Waals surface area contributed by atoms with Crippen LogP contribution in [0, 0.1) is 0 Å². The van der Waals surface area contributed by atoms with Crippen molar-refractivity contribution in [2.75, 3.05) is 33.3 Å². The van der Waals surface area contributed by atoms with Crippen LogP contribution in [-0.2, 0) is 4.74 Å². The number of rotatable bonds is 4. The smallest absolute Gasteiger partial charge is 0.169 e. The number of likely N-dealkylation sites (N-methyl/N-ethyl adjacent to an activating group) is 1. The Labute approximate surface area is 110 Å². The SMILES string of the molecule is CNCC1CN(C(C)c2ccc(Br)o2)CCO1. The van der Waals surface area contributed by atoms with Gasteiger partial charge < -0.3 is 14.5 Å². The van der Waals surface area contributed by atoms with Crippen molar-refractivity contribution in [1.29, 1.82) is 0 Å². The lowest BCUT2D eigenvalue weighted by molar-refractivity contribution is -0.0419. The zero-order valence-corrected chi connectivity index (χ0v) is 11.9. The van der Waals surface area contributed by atoms with Crippen molar-refractivity contribution in [1.82, 2.24) is 10.2 Å². The standard InChI is InChI=1S/C12H19BrN2O2/c1-9(11-3-4-12(13)17-11)15-5-6-16-10(8-15)7-14-2/h3-4,9-10,14H,5-8H2,1-2H3. The van der Waals surface area contributed by atoms with E-state index in [1.165, 1.54) is 0 Å². The van der Waals surface area contributed by atoms with E-state index in [4.69, 9.17) is 9.15 Å². The van der Waals surface area contributed by atoms with Gasteiger partial charge >= 0.3 is 0 Å². The van der Waals surface area contributed by atoms with Gasteiger partial charge in [0, 0.05) is 19.6 Å². The van der Waals surface area contributed by atoms with Crippen LogP contribution in [-0.4, -0.2) is 44.3 Å². The molecule has 1 aliphatic rings. The van der Waals surface area contributed by atoms with Crippen LogP contribution in [0.3, 0.4) is 0 Å². The second-order valence-corrected chi connectivity index (χ2v) is 5.14. The van der Waals surface area contributed by atoms with E-state index >= 15 is 0 Å². The first-order chi connectivity index (χ1) is 8.20. The topological polar surface area (TPSA) is 37.6 Å². The molecule has 0 aromatic carbocycles. The Hall–Kier alpha value is -0.360. The molecule has 0 spiro atoms. The van der Waals surface area contributed by atoms with Crippen LogP contribution in [0.25, 0.3) is 0 Å². The Morgan fingerprint density at radius 2 is 2.41 bits per heavy atom. The molecule has 2 atom stereocenters. The Morgan fingerprint density at radius 3 is 3.06 bits per heavy atom. The highest BCUT2D eigenvalue weighted by Gasteiger charge is 2.25. The first-order valence-electron chi connectivity index (χ1n) is 5.96. The summed E-state index contributed by atoms with van der Waals surface area (Å²) in [6.07, 6.45) is 0.273. The van der Waals surface area contributed by atoms with Gasteiger partial charge in [0.1, 0.15) is 5.76 Å². The number of hydrogen-bond acceptors (Lipinski definition) is 4. The number of halogens is 1. The van der Waals surface area contributed by atoms with Crippen LogP contribution in [0.4, 0.5) is 0 Å². The molecule has 1 fully saturated rings. The average molecular weight is 303 g/mol. The molecule has 4 nitrogen and oxygen atoms in total. The van der Waals surface area contributed by atoms with Gasteiger partial charge in [0.05, 0.1) is 18.8 Å². The lowest BCUT2D eigenvalue weighted by Crippen LogP contribution is -2.46. The number of nitrogens with zero attached hydrogens (tertiary/aromatic N) is 1. The molecule has 2 rings (SSSR count). The van der Waals surface area contributed by atoms with E-state index in [9.17, 15) is 0 Å². The molecular weight excluding hydrogens is 284 g/mol. The molecular formula is C12H19BrN2O2. The van der Waals surface area contributed by atoms with Gasteiger partial charge in [-0.2, -0.15) is 0 Å². The molecule has 0 bridgehead atoms. The molecule has 0 radical (unpaired) electrons. The third-order valence-electron chi connectivity index (χ3n) is 3.16. The minimum Gasteiger partial charge on any atom is -0.453 e. The second-order valence-electron chi connectivity index (χ2n) is 4.36. The van der Waals surface area contributed by atoms with E-state index in [1.807, 2.05) is 19.2 Å². The van der Waals surface area contributed by atoms with Crippen LogP contribution in [0.5, 0.6) is 0 Å². The maximum atomic E-state index is 5.70.